The summed E-state index contributed by atoms with van der Waals surface area (Å²) < 4.78 is 39.6. The van der Waals surface area contributed by atoms with Gasteiger partial charge in [0.15, 0.2) is 0 Å². The molecule has 5 rings (SSSR count). The Labute approximate surface area is 179 Å². The van der Waals surface area contributed by atoms with Gasteiger partial charge in [-0.05, 0) is 35.1 Å². The maximum absolute atomic E-state index is 9.67. The summed E-state index contributed by atoms with van der Waals surface area (Å²) in [5.41, 5.74) is 6.70. The SMILES string of the molecule is CCc1cccc(CC)c1-n1c[n+]2c(n1)CO[C@@H]1Cc3ccccc3[C@@H]12.FB(F)F.[F-]. The van der Waals surface area contributed by atoms with E-state index >= 15 is 0 Å². The Bertz CT molecular complexity index is 1020. The zero-order valence-corrected chi connectivity index (χ0v) is 17.4. The van der Waals surface area contributed by atoms with Crippen LogP contribution in [-0.4, -0.2) is 23.4 Å². The highest BCUT2D eigenvalue weighted by atomic mass is 19.4. The first-order valence-electron chi connectivity index (χ1n) is 10.3. The van der Waals surface area contributed by atoms with Crippen LogP contribution in [0, 0.1) is 0 Å². The average Bonchev–Trinajstić information content (AvgIpc) is 3.33. The van der Waals surface area contributed by atoms with E-state index in [1.54, 1.807) is 0 Å². The lowest BCUT2D eigenvalue weighted by Crippen LogP contribution is -3.00. The van der Waals surface area contributed by atoms with Crippen LogP contribution in [0.1, 0.15) is 48.0 Å². The summed E-state index contributed by atoms with van der Waals surface area (Å²) in [7, 11) is -3.67. The van der Waals surface area contributed by atoms with Gasteiger partial charge in [-0.25, -0.2) is 4.57 Å². The van der Waals surface area contributed by atoms with Crippen LogP contribution < -0.4 is 9.27 Å². The van der Waals surface area contributed by atoms with Crippen molar-refractivity contribution in [3.63, 3.8) is 0 Å². The third-order valence-electron chi connectivity index (χ3n) is 5.82. The predicted molar refractivity (Wildman–Crippen MR) is 108 cm³/mol. The van der Waals surface area contributed by atoms with E-state index in [2.05, 4.69) is 71.9 Å². The molecule has 2 aliphatic rings. The molecule has 0 spiro atoms. The number of hydrogen-bond acceptors (Lipinski definition) is 2. The van der Waals surface area contributed by atoms with Crippen molar-refractivity contribution in [3.05, 3.63) is 76.9 Å². The molecule has 0 fully saturated rings. The number of hydrogen-bond donors (Lipinski definition) is 0. The summed E-state index contributed by atoms with van der Waals surface area (Å²) >= 11 is 0. The third-order valence-corrected chi connectivity index (χ3v) is 5.82. The molecule has 164 valence electrons. The van der Waals surface area contributed by atoms with Crippen molar-refractivity contribution in [2.75, 3.05) is 0 Å². The molecule has 0 saturated carbocycles. The van der Waals surface area contributed by atoms with Crippen LogP contribution in [0.15, 0.2) is 48.8 Å². The standard InChI is InChI=1S/C22H24N3O.BF3.FH/c1-3-15-9-7-10-16(4-2)21(15)25-14-24-20(23-25)13-26-19-12-17-8-5-6-11-18(17)22(19)24;2-1(3)4;/h5-11,14,19,22H,3-4,12-13H2,1-2H3;;1H/q+1;;/p-1/t19-,22+;;/m1../s1. The minimum atomic E-state index is -3.67. The van der Waals surface area contributed by atoms with Gasteiger partial charge in [0.25, 0.3) is 0 Å². The van der Waals surface area contributed by atoms with Gasteiger partial charge in [0, 0.05) is 11.5 Å². The van der Waals surface area contributed by atoms with Crippen LogP contribution in [0.4, 0.5) is 12.9 Å². The quantitative estimate of drug-likeness (QED) is 0.354. The van der Waals surface area contributed by atoms with E-state index in [1.165, 1.54) is 27.9 Å². The number of aryl methyl sites for hydroxylation is 2. The minimum Gasteiger partial charge on any atom is -1.00 e. The van der Waals surface area contributed by atoms with Gasteiger partial charge in [0.05, 0.1) is 0 Å². The van der Waals surface area contributed by atoms with Crippen molar-refractivity contribution in [2.24, 2.45) is 0 Å². The molecular formula is C22H24BF4N3O. The molecule has 9 heteroatoms. The lowest BCUT2D eigenvalue weighted by Gasteiger charge is -2.23. The van der Waals surface area contributed by atoms with E-state index in [4.69, 9.17) is 9.84 Å². The summed E-state index contributed by atoms with van der Waals surface area (Å²) in [6, 6.07) is 15.5. The minimum absolute atomic E-state index is 0. The molecule has 1 aliphatic heterocycles. The van der Waals surface area contributed by atoms with Crippen molar-refractivity contribution in [1.29, 1.82) is 0 Å². The number of benzene rings is 2. The Kier molecular flexibility index (Phi) is 7.15. The van der Waals surface area contributed by atoms with Crippen molar-refractivity contribution in [3.8, 4) is 5.69 Å². The second-order valence-corrected chi connectivity index (χ2v) is 7.46. The summed E-state index contributed by atoms with van der Waals surface area (Å²) in [6.07, 6.45) is 5.40. The highest BCUT2D eigenvalue weighted by Crippen LogP contribution is 2.35. The Morgan fingerprint density at radius 1 is 1.06 bits per heavy atom. The van der Waals surface area contributed by atoms with Crippen LogP contribution in [-0.2, 0) is 30.6 Å². The predicted octanol–water partition coefficient (Wildman–Crippen LogP) is 1.21. The fourth-order valence-electron chi connectivity index (χ4n) is 4.54. The van der Waals surface area contributed by atoms with E-state index in [1.807, 2.05) is 0 Å². The third kappa shape index (κ3) is 4.37. The van der Waals surface area contributed by atoms with E-state index in [-0.39, 0.29) is 16.9 Å². The van der Waals surface area contributed by atoms with E-state index in [0.29, 0.717) is 6.61 Å². The maximum atomic E-state index is 9.67. The fourth-order valence-corrected chi connectivity index (χ4v) is 4.54. The normalized spacial score (nSPS) is 18.1. The Hall–Kier alpha value is -2.68. The monoisotopic (exact) mass is 433 g/mol. The molecule has 0 unspecified atom stereocenters. The van der Waals surface area contributed by atoms with Crippen LogP contribution in [0.25, 0.3) is 5.69 Å². The topological polar surface area (TPSA) is 30.9 Å². The largest absolute Gasteiger partial charge is 1.00 e. The molecule has 0 bridgehead atoms. The van der Waals surface area contributed by atoms with Gasteiger partial charge in [-0.3, -0.25) is 12.9 Å². The van der Waals surface area contributed by atoms with Gasteiger partial charge in [0.2, 0.25) is 6.33 Å². The highest BCUT2D eigenvalue weighted by Gasteiger charge is 2.43. The van der Waals surface area contributed by atoms with E-state index in [9.17, 15) is 12.9 Å². The van der Waals surface area contributed by atoms with E-state index < -0.39 is 7.54 Å². The Balaban J connectivity index is 0.000000504. The molecule has 0 N–H and O–H groups in total. The Morgan fingerprint density at radius 2 is 1.71 bits per heavy atom. The van der Waals surface area contributed by atoms with Gasteiger partial charge in [-0.15, -0.1) is 0 Å². The molecule has 0 saturated heterocycles. The number of nitrogens with zero attached hydrogens (tertiary/aromatic N) is 3. The first-order valence-corrected chi connectivity index (χ1v) is 10.3. The number of rotatable bonds is 3. The number of aromatic nitrogens is 3. The molecule has 3 aromatic rings. The Morgan fingerprint density at radius 3 is 2.35 bits per heavy atom. The maximum Gasteiger partial charge on any atom is 0.762 e. The highest BCUT2D eigenvalue weighted by molar-refractivity contribution is 6.33. The van der Waals surface area contributed by atoms with Crippen molar-refractivity contribution in [2.45, 2.75) is 51.9 Å². The summed E-state index contributed by atoms with van der Waals surface area (Å²) in [5, 5.41) is 4.93. The van der Waals surface area contributed by atoms with Crippen molar-refractivity contribution in [1.82, 2.24) is 9.78 Å². The van der Waals surface area contributed by atoms with Crippen molar-refractivity contribution < 1.29 is 27.0 Å². The summed E-state index contributed by atoms with van der Waals surface area (Å²) in [6.45, 7) is 5.00. The number of para-hydroxylation sites is 1. The second kappa shape index (κ2) is 9.64. The molecule has 1 aromatic heterocycles. The molecule has 4 nitrogen and oxygen atoms in total. The average molecular weight is 433 g/mol. The zero-order valence-electron chi connectivity index (χ0n) is 17.4. The van der Waals surface area contributed by atoms with Gasteiger partial charge >= 0.3 is 13.4 Å². The fraction of sp³-hybridized carbons (Fsp3) is 0.364. The summed E-state index contributed by atoms with van der Waals surface area (Å²) in [4.78, 5) is 0. The van der Waals surface area contributed by atoms with Gasteiger partial charge < -0.3 is 9.44 Å². The lowest BCUT2D eigenvalue weighted by molar-refractivity contribution is -0.739. The van der Waals surface area contributed by atoms with Crippen LogP contribution in [0.2, 0.25) is 0 Å². The van der Waals surface area contributed by atoms with Crippen LogP contribution >= 0.6 is 0 Å². The second-order valence-electron chi connectivity index (χ2n) is 7.46. The van der Waals surface area contributed by atoms with Gasteiger partial charge in [0.1, 0.15) is 24.4 Å². The molecular weight excluding hydrogens is 409 g/mol. The first kappa shape index (κ1) is 23.0. The van der Waals surface area contributed by atoms with Crippen LogP contribution in [0.3, 0.4) is 0 Å². The first-order chi connectivity index (χ1) is 14.5. The number of ether oxygens (including phenoxy) is 1. The lowest BCUT2D eigenvalue weighted by atomic mass is 10.0. The zero-order chi connectivity index (χ0) is 21.3. The molecule has 31 heavy (non-hydrogen) atoms. The molecule has 2 atom stereocenters. The van der Waals surface area contributed by atoms with Gasteiger partial charge in [-0.1, -0.05) is 61.0 Å². The molecule has 1 aliphatic carbocycles. The molecule has 2 aromatic carbocycles. The summed E-state index contributed by atoms with van der Waals surface area (Å²) in [5.74, 6) is 1.01. The smallest absolute Gasteiger partial charge is 0.762 e. The van der Waals surface area contributed by atoms with Crippen molar-refractivity contribution >= 4 is 7.54 Å². The molecule has 0 amide bonds. The molecule has 0 radical (unpaired) electrons. The van der Waals surface area contributed by atoms with Crippen LogP contribution in [0.5, 0.6) is 0 Å². The number of fused-ring (bicyclic) bond motifs is 5. The number of halogens is 4. The van der Waals surface area contributed by atoms with E-state index in [0.717, 1.165) is 25.1 Å². The van der Waals surface area contributed by atoms with Gasteiger partial charge in [-0.2, -0.15) is 0 Å². The molecule has 2 heterocycles.